The highest BCUT2D eigenvalue weighted by Crippen LogP contribution is 2.22. The summed E-state index contributed by atoms with van der Waals surface area (Å²) in [5, 5.41) is 0. The summed E-state index contributed by atoms with van der Waals surface area (Å²) < 4.78 is 5.01. The molecule has 1 atom stereocenters. The minimum Gasteiger partial charge on any atom is -0.444 e. The highest BCUT2D eigenvalue weighted by molar-refractivity contribution is 5.89. The Morgan fingerprint density at radius 3 is 2.57 bits per heavy atom. The fourth-order valence-electron chi connectivity index (χ4n) is 1.47. The molecule has 2 rings (SSSR count). The van der Waals surface area contributed by atoms with E-state index in [0.29, 0.717) is 12.2 Å². The number of nitrogen functional groups attached to an aromatic ring is 1. The predicted octanol–water partition coefficient (Wildman–Crippen LogP) is 1.61. The molecular weight excluding hydrogens is 180 g/mol. The number of nitrogens with two attached hydrogens (primary N) is 1. The number of nitrogens with zero attached hydrogens (tertiary/aromatic N) is 1. The van der Waals surface area contributed by atoms with Crippen LogP contribution in [-0.4, -0.2) is 18.7 Å². The molecule has 0 unspecified atom stereocenters. The minimum atomic E-state index is -0.290. The Morgan fingerprint density at radius 2 is 2.07 bits per heavy atom. The van der Waals surface area contributed by atoms with Gasteiger partial charge in [0.2, 0.25) is 0 Å². The zero-order chi connectivity index (χ0) is 10.1. The first kappa shape index (κ1) is 8.87. The van der Waals surface area contributed by atoms with Gasteiger partial charge in [0, 0.05) is 11.4 Å². The molecule has 1 saturated heterocycles. The van der Waals surface area contributed by atoms with E-state index in [1.807, 2.05) is 19.1 Å². The maximum Gasteiger partial charge on any atom is 0.414 e. The molecule has 0 saturated carbocycles. The predicted molar refractivity (Wildman–Crippen MR) is 54.1 cm³/mol. The van der Waals surface area contributed by atoms with Crippen molar-refractivity contribution in [2.45, 2.75) is 13.0 Å². The topological polar surface area (TPSA) is 55.6 Å². The second-order valence-corrected chi connectivity index (χ2v) is 3.40. The summed E-state index contributed by atoms with van der Waals surface area (Å²) in [5.74, 6) is 0. The summed E-state index contributed by atoms with van der Waals surface area (Å²) >= 11 is 0. The first-order chi connectivity index (χ1) is 6.66. The van der Waals surface area contributed by atoms with E-state index in [-0.39, 0.29) is 12.2 Å². The fourth-order valence-corrected chi connectivity index (χ4v) is 1.47. The second-order valence-electron chi connectivity index (χ2n) is 3.40. The normalized spacial score (nSPS) is 21.1. The molecule has 1 amide bonds. The molecule has 4 nitrogen and oxygen atoms in total. The van der Waals surface area contributed by atoms with Crippen molar-refractivity contribution in [1.29, 1.82) is 0 Å². The quantitative estimate of drug-likeness (QED) is 0.688. The maximum absolute atomic E-state index is 11.3. The molecule has 1 fully saturated rings. The van der Waals surface area contributed by atoms with Crippen molar-refractivity contribution < 1.29 is 9.53 Å². The zero-order valence-corrected chi connectivity index (χ0v) is 7.93. The van der Waals surface area contributed by atoms with Crippen LogP contribution in [0.4, 0.5) is 16.2 Å². The van der Waals surface area contributed by atoms with Crippen molar-refractivity contribution in [1.82, 2.24) is 0 Å². The zero-order valence-electron chi connectivity index (χ0n) is 7.93. The SMILES string of the molecule is C[C@@H]1CN(c2ccc(N)cc2)C(=O)O1. The molecule has 1 aromatic rings. The van der Waals surface area contributed by atoms with E-state index in [1.165, 1.54) is 0 Å². The van der Waals surface area contributed by atoms with Gasteiger partial charge in [0.05, 0.1) is 6.54 Å². The number of carbonyl (C=O) groups excluding carboxylic acids is 1. The lowest BCUT2D eigenvalue weighted by molar-refractivity contribution is 0.150. The van der Waals surface area contributed by atoms with Crippen molar-refractivity contribution >= 4 is 17.5 Å². The number of hydrogen-bond donors (Lipinski definition) is 1. The summed E-state index contributed by atoms with van der Waals surface area (Å²) in [6.45, 7) is 2.47. The molecular formula is C10H12N2O2. The number of carbonyl (C=O) groups is 1. The van der Waals surface area contributed by atoms with Crippen LogP contribution in [0.1, 0.15) is 6.92 Å². The van der Waals surface area contributed by atoms with Crippen molar-refractivity contribution in [3.8, 4) is 0 Å². The largest absolute Gasteiger partial charge is 0.444 e. The molecule has 1 aromatic carbocycles. The van der Waals surface area contributed by atoms with Gasteiger partial charge in [-0.25, -0.2) is 4.79 Å². The number of benzene rings is 1. The van der Waals surface area contributed by atoms with E-state index in [1.54, 1.807) is 17.0 Å². The van der Waals surface area contributed by atoms with Gasteiger partial charge in [0.25, 0.3) is 0 Å². The fraction of sp³-hybridized carbons (Fsp3) is 0.300. The molecule has 0 radical (unpaired) electrons. The molecule has 14 heavy (non-hydrogen) atoms. The minimum absolute atomic E-state index is 0.0416. The number of amides is 1. The summed E-state index contributed by atoms with van der Waals surface area (Å²) in [6.07, 6.45) is -0.331. The Labute approximate surface area is 82.3 Å². The summed E-state index contributed by atoms with van der Waals surface area (Å²) in [7, 11) is 0. The van der Waals surface area contributed by atoms with Crippen LogP contribution in [0, 0.1) is 0 Å². The standard InChI is InChI=1S/C10H12N2O2/c1-7-6-12(10(13)14-7)9-4-2-8(11)3-5-9/h2-5,7H,6,11H2,1H3/t7-/m1/s1. The summed E-state index contributed by atoms with van der Waals surface area (Å²) in [4.78, 5) is 12.9. The lowest BCUT2D eigenvalue weighted by Gasteiger charge is -2.12. The van der Waals surface area contributed by atoms with Crippen LogP contribution < -0.4 is 10.6 Å². The Morgan fingerprint density at radius 1 is 1.43 bits per heavy atom. The first-order valence-electron chi connectivity index (χ1n) is 4.50. The van der Waals surface area contributed by atoms with E-state index in [4.69, 9.17) is 10.5 Å². The highest BCUT2D eigenvalue weighted by atomic mass is 16.6. The van der Waals surface area contributed by atoms with Gasteiger partial charge in [-0.1, -0.05) is 0 Å². The lowest BCUT2D eigenvalue weighted by atomic mass is 10.2. The number of anilines is 2. The van der Waals surface area contributed by atoms with Crippen LogP contribution in [0.3, 0.4) is 0 Å². The van der Waals surface area contributed by atoms with Crippen LogP contribution >= 0.6 is 0 Å². The van der Waals surface area contributed by atoms with Gasteiger partial charge in [-0.05, 0) is 31.2 Å². The molecule has 1 heterocycles. The Balaban J connectivity index is 2.23. The van der Waals surface area contributed by atoms with Gasteiger partial charge < -0.3 is 10.5 Å². The van der Waals surface area contributed by atoms with Gasteiger partial charge in [-0.2, -0.15) is 0 Å². The van der Waals surface area contributed by atoms with Gasteiger partial charge in [-0.3, -0.25) is 4.90 Å². The van der Waals surface area contributed by atoms with Gasteiger partial charge in [0.1, 0.15) is 6.10 Å². The third-order valence-electron chi connectivity index (χ3n) is 2.17. The van der Waals surface area contributed by atoms with Crippen LogP contribution in [0.5, 0.6) is 0 Å². The monoisotopic (exact) mass is 192 g/mol. The van der Waals surface area contributed by atoms with E-state index in [2.05, 4.69) is 0 Å². The number of rotatable bonds is 1. The highest BCUT2D eigenvalue weighted by Gasteiger charge is 2.28. The van der Waals surface area contributed by atoms with Crippen molar-refractivity contribution in [3.05, 3.63) is 24.3 Å². The maximum atomic E-state index is 11.3. The van der Waals surface area contributed by atoms with Crippen molar-refractivity contribution in [2.24, 2.45) is 0 Å². The molecule has 0 aliphatic carbocycles. The molecule has 4 heteroatoms. The third kappa shape index (κ3) is 1.51. The molecule has 0 spiro atoms. The molecule has 1 aliphatic rings. The van der Waals surface area contributed by atoms with Gasteiger partial charge in [-0.15, -0.1) is 0 Å². The lowest BCUT2D eigenvalue weighted by Crippen LogP contribution is -2.23. The number of ether oxygens (including phenoxy) is 1. The molecule has 1 aliphatic heterocycles. The average molecular weight is 192 g/mol. The Hall–Kier alpha value is -1.71. The second kappa shape index (κ2) is 3.21. The molecule has 0 aromatic heterocycles. The van der Waals surface area contributed by atoms with Crippen LogP contribution in [0.2, 0.25) is 0 Å². The third-order valence-corrected chi connectivity index (χ3v) is 2.17. The molecule has 74 valence electrons. The van der Waals surface area contributed by atoms with Gasteiger partial charge >= 0.3 is 6.09 Å². The van der Waals surface area contributed by atoms with E-state index in [9.17, 15) is 4.79 Å². The Kier molecular flexibility index (Phi) is 2.04. The van der Waals surface area contributed by atoms with Crippen LogP contribution in [0.25, 0.3) is 0 Å². The van der Waals surface area contributed by atoms with E-state index in [0.717, 1.165) is 5.69 Å². The van der Waals surface area contributed by atoms with Crippen LogP contribution in [0.15, 0.2) is 24.3 Å². The number of hydrogen-bond acceptors (Lipinski definition) is 3. The first-order valence-corrected chi connectivity index (χ1v) is 4.50. The number of cyclic esters (lactones) is 1. The molecule has 2 N–H and O–H groups in total. The Bertz CT molecular complexity index is 348. The van der Waals surface area contributed by atoms with Crippen molar-refractivity contribution in [3.63, 3.8) is 0 Å². The van der Waals surface area contributed by atoms with Crippen LogP contribution in [-0.2, 0) is 4.74 Å². The summed E-state index contributed by atoms with van der Waals surface area (Å²) in [6, 6.07) is 7.17. The van der Waals surface area contributed by atoms with E-state index < -0.39 is 0 Å². The summed E-state index contributed by atoms with van der Waals surface area (Å²) in [5.41, 5.74) is 7.07. The van der Waals surface area contributed by atoms with Crippen molar-refractivity contribution in [2.75, 3.05) is 17.2 Å². The van der Waals surface area contributed by atoms with E-state index >= 15 is 0 Å². The smallest absolute Gasteiger partial charge is 0.414 e. The molecule has 0 bridgehead atoms. The average Bonchev–Trinajstić information content (AvgIpc) is 2.47. The van der Waals surface area contributed by atoms with Gasteiger partial charge in [0.15, 0.2) is 0 Å².